The molecule has 0 N–H and O–H groups in total. The molecule has 2 aromatic carbocycles. The van der Waals surface area contributed by atoms with Gasteiger partial charge in [-0.25, -0.2) is 4.98 Å². The second-order valence-electron chi connectivity index (χ2n) is 8.46. The maximum Gasteiger partial charge on any atom is 0.0900 e. The summed E-state index contributed by atoms with van der Waals surface area (Å²) in [6.45, 7) is 0. The van der Waals surface area contributed by atoms with Gasteiger partial charge in [0, 0.05) is 30.4 Å². The first-order chi connectivity index (χ1) is 17.8. The minimum Gasteiger partial charge on any atom is -0.264 e. The standard InChI is InChI=1S/C32H22N4/c1-3-17-34-29(10-1)31-20-28(21-32(36-31)30-11-2-4-18-35-30)24-14-12-23(13-15-24)25-7-5-8-26(19-25)27-9-6-16-33-22-27/h1-22H. The van der Waals surface area contributed by atoms with Crippen molar-refractivity contribution in [1.29, 1.82) is 0 Å². The maximum atomic E-state index is 4.87. The van der Waals surface area contributed by atoms with E-state index in [1.807, 2.05) is 48.7 Å². The first-order valence-electron chi connectivity index (χ1n) is 11.8. The topological polar surface area (TPSA) is 51.6 Å². The molecular weight excluding hydrogens is 440 g/mol. The fourth-order valence-electron chi connectivity index (χ4n) is 4.26. The highest BCUT2D eigenvalue weighted by Crippen LogP contribution is 2.31. The molecule has 170 valence electrons. The van der Waals surface area contributed by atoms with Crippen LogP contribution in [0.3, 0.4) is 0 Å². The lowest BCUT2D eigenvalue weighted by molar-refractivity contribution is 1.22. The van der Waals surface area contributed by atoms with Crippen molar-refractivity contribution >= 4 is 0 Å². The van der Waals surface area contributed by atoms with Crippen molar-refractivity contribution in [3.8, 4) is 56.2 Å². The summed E-state index contributed by atoms with van der Waals surface area (Å²) in [6, 6.07) is 37.2. The second-order valence-corrected chi connectivity index (χ2v) is 8.46. The molecule has 6 rings (SSSR count). The number of nitrogens with zero attached hydrogens (tertiary/aromatic N) is 4. The summed E-state index contributed by atoms with van der Waals surface area (Å²) in [5, 5.41) is 0. The highest BCUT2D eigenvalue weighted by molar-refractivity contribution is 5.78. The molecule has 36 heavy (non-hydrogen) atoms. The molecule has 0 spiro atoms. The van der Waals surface area contributed by atoms with Gasteiger partial charge in [0.05, 0.1) is 22.8 Å². The van der Waals surface area contributed by atoms with Crippen LogP contribution in [0.15, 0.2) is 134 Å². The molecular formula is C32H22N4. The van der Waals surface area contributed by atoms with E-state index in [1.54, 1.807) is 18.6 Å². The van der Waals surface area contributed by atoms with Gasteiger partial charge in [0.2, 0.25) is 0 Å². The lowest BCUT2D eigenvalue weighted by atomic mass is 9.97. The zero-order valence-electron chi connectivity index (χ0n) is 19.5. The maximum absolute atomic E-state index is 4.87. The van der Waals surface area contributed by atoms with Crippen LogP contribution in [-0.2, 0) is 0 Å². The van der Waals surface area contributed by atoms with Gasteiger partial charge in [-0.3, -0.25) is 15.0 Å². The molecule has 0 amide bonds. The van der Waals surface area contributed by atoms with Crippen LogP contribution >= 0.6 is 0 Å². The van der Waals surface area contributed by atoms with Crippen molar-refractivity contribution in [3.63, 3.8) is 0 Å². The van der Waals surface area contributed by atoms with Gasteiger partial charge in [-0.05, 0) is 76.3 Å². The number of rotatable bonds is 5. The Morgan fingerprint density at radius 1 is 0.361 bits per heavy atom. The number of benzene rings is 2. The fourth-order valence-corrected chi connectivity index (χ4v) is 4.26. The van der Waals surface area contributed by atoms with Gasteiger partial charge in [-0.15, -0.1) is 0 Å². The lowest BCUT2D eigenvalue weighted by Crippen LogP contribution is -1.93. The minimum atomic E-state index is 0.821. The molecule has 4 heteroatoms. The summed E-state index contributed by atoms with van der Waals surface area (Å²) >= 11 is 0. The van der Waals surface area contributed by atoms with Crippen LogP contribution in [0.2, 0.25) is 0 Å². The lowest BCUT2D eigenvalue weighted by Gasteiger charge is -2.10. The largest absolute Gasteiger partial charge is 0.264 e. The van der Waals surface area contributed by atoms with Crippen molar-refractivity contribution in [2.24, 2.45) is 0 Å². The van der Waals surface area contributed by atoms with Crippen LogP contribution in [0.1, 0.15) is 0 Å². The van der Waals surface area contributed by atoms with Gasteiger partial charge in [0.1, 0.15) is 0 Å². The minimum absolute atomic E-state index is 0.821. The molecule has 0 saturated carbocycles. The summed E-state index contributed by atoms with van der Waals surface area (Å²) in [4.78, 5) is 18.2. The van der Waals surface area contributed by atoms with Crippen molar-refractivity contribution in [1.82, 2.24) is 19.9 Å². The average Bonchev–Trinajstić information content (AvgIpc) is 2.98. The number of pyridine rings is 4. The Hall–Kier alpha value is -4.96. The van der Waals surface area contributed by atoms with Crippen LogP contribution in [0, 0.1) is 0 Å². The molecule has 0 aliphatic heterocycles. The van der Waals surface area contributed by atoms with Gasteiger partial charge in [-0.2, -0.15) is 0 Å². The predicted molar refractivity (Wildman–Crippen MR) is 145 cm³/mol. The van der Waals surface area contributed by atoms with E-state index in [0.29, 0.717) is 0 Å². The molecule has 0 aliphatic carbocycles. The van der Waals surface area contributed by atoms with Crippen LogP contribution in [0.25, 0.3) is 56.2 Å². The average molecular weight is 463 g/mol. The number of hydrogen-bond donors (Lipinski definition) is 0. The Kier molecular flexibility index (Phi) is 5.83. The Labute approximate surface area is 210 Å². The van der Waals surface area contributed by atoms with Crippen molar-refractivity contribution in [3.05, 3.63) is 134 Å². The smallest absolute Gasteiger partial charge is 0.0900 e. The fraction of sp³-hybridized carbons (Fsp3) is 0. The first-order valence-corrected chi connectivity index (χ1v) is 11.8. The molecule has 0 radical (unpaired) electrons. The highest BCUT2D eigenvalue weighted by atomic mass is 14.8. The molecule has 0 aliphatic rings. The van der Waals surface area contributed by atoms with Crippen LogP contribution in [-0.4, -0.2) is 19.9 Å². The number of aromatic nitrogens is 4. The van der Waals surface area contributed by atoms with E-state index in [1.165, 1.54) is 5.56 Å². The molecule has 0 unspecified atom stereocenters. The van der Waals surface area contributed by atoms with E-state index in [2.05, 4.69) is 81.7 Å². The summed E-state index contributed by atoms with van der Waals surface area (Å²) < 4.78 is 0. The Bertz CT molecular complexity index is 1540. The van der Waals surface area contributed by atoms with E-state index < -0.39 is 0 Å². The van der Waals surface area contributed by atoms with Crippen molar-refractivity contribution in [2.45, 2.75) is 0 Å². The summed E-state index contributed by atoms with van der Waals surface area (Å²) in [5.74, 6) is 0. The van der Waals surface area contributed by atoms with Gasteiger partial charge < -0.3 is 0 Å². The molecule has 0 bridgehead atoms. The van der Waals surface area contributed by atoms with Crippen LogP contribution < -0.4 is 0 Å². The van der Waals surface area contributed by atoms with E-state index >= 15 is 0 Å². The van der Waals surface area contributed by atoms with Crippen molar-refractivity contribution in [2.75, 3.05) is 0 Å². The third-order valence-corrected chi connectivity index (χ3v) is 6.09. The van der Waals surface area contributed by atoms with E-state index in [0.717, 1.165) is 50.6 Å². The third-order valence-electron chi connectivity index (χ3n) is 6.09. The zero-order chi connectivity index (χ0) is 24.2. The van der Waals surface area contributed by atoms with Crippen molar-refractivity contribution < 1.29 is 0 Å². The third kappa shape index (κ3) is 4.52. The SMILES string of the molecule is c1ccc(-c2cc(-c3ccc(-c4cccc(-c5cccnc5)c4)cc3)cc(-c3ccccn3)n2)nc1. The molecule has 6 aromatic rings. The van der Waals surface area contributed by atoms with Gasteiger partial charge in [-0.1, -0.05) is 60.7 Å². The Morgan fingerprint density at radius 3 is 1.50 bits per heavy atom. The van der Waals surface area contributed by atoms with E-state index in [-0.39, 0.29) is 0 Å². The van der Waals surface area contributed by atoms with Crippen LogP contribution in [0.5, 0.6) is 0 Å². The quantitative estimate of drug-likeness (QED) is 0.265. The van der Waals surface area contributed by atoms with E-state index in [4.69, 9.17) is 4.98 Å². The van der Waals surface area contributed by atoms with Crippen LogP contribution in [0.4, 0.5) is 0 Å². The molecule has 0 fully saturated rings. The molecule has 4 heterocycles. The molecule has 0 saturated heterocycles. The normalized spacial score (nSPS) is 10.8. The highest BCUT2D eigenvalue weighted by Gasteiger charge is 2.11. The zero-order valence-corrected chi connectivity index (χ0v) is 19.5. The second kappa shape index (κ2) is 9.72. The van der Waals surface area contributed by atoms with Gasteiger partial charge >= 0.3 is 0 Å². The Morgan fingerprint density at radius 2 is 0.944 bits per heavy atom. The summed E-state index contributed by atoms with van der Waals surface area (Å²) in [5.41, 5.74) is 10.1. The monoisotopic (exact) mass is 462 g/mol. The Balaban J connectivity index is 1.38. The molecule has 4 nitrogen and oxygen atoms in total. The molecule has 0 atom stereocenters. The van der Waals surface area contributed by atoms with Gasteiger partial charge in [0.25, 0.3) is 0 Å². The predicted octanol–water partition coefficient (Wildman–Crippen LogP) is 7.60. The number of hydrogen-bond acceptors (Lipinski definition) is 4. The summed E-state index contributed by atoms with van der Waals surface area (Å²) in [6.07, 6.45) is 7.27. The first kappa shape index (κ1) is 21.6. The summed E-state index contributed by atoms with van der Waals surface area (Å²) in [7, 11) is 0. The van der Waals surface area contributed by atoms with E-state index in [9.17, 15) is 0 Å². The van der Waals surface area contributed by atoms with Gasteiger partial charge in [0.15, 0.2) is 0 Å². The molecule has 4 aromatic heterocycles.